The van der Waals surface area contributed by atoms with Gasteiger partial charge in [0.1, 0.15) is 10.9 Å². The molecule has 4 rings (SSSR count). The largest absolute Gasteiger partial charge is 0.324 e. The number of thiophene rings is 1. The number of carbonyl (C=O) groups is 1. The van der Waals surface area contributed by atoms with Gasteiger partial charge >= 0.3 is 0 Å². The van der Waals surface area contributed by atoms with Crippen LogP contribution >= 0.6 is 22.9 Å². The van der Waals surface area contributed by atoms with Crippen LogP contribution in [0.5, 0.6) is 0 Å². The number of hydrogen-bond acceptors (Lipinski definition) is 4. The molecule has 2 heterocycles. The lowest BCUT2D eigenvalue weighted by Gasteiger charge is -2.18. The minimum atomic E-state index is -0.678. The molecule has 28 heavy (non-hydrogen) atoms. The second-order valence-electron chi connectivity index (χ2n) is 7.62. The average molecular weight is 416 g/mol. The Labute approximate surface area is 172 Å². The number of carbonyl (C=O) groups excluding carboxylic acids is 1. The van der Waals surface area contributed by atoms with Crippen molar-refractivity contribution in [3.8, 4) is 0 Å². The standard InChI is InChI=1S/C21H22ClN3O2S/c1-11-4-7-15-17(8-11)28-20-18(15)21(27)25(10-23-20)13(3)19(26)24-14-6-5-12(2)16(22)9-14/h5-6,9-11,13H,4,7-8H2,1-3H3,(H,24,26)/t11-,13+/m1/s1. The Morgan fingerprint density at radius 1 is 1.43 bits per heavy atom. The molecule has 146 valence electrons. The lowest BCUT2D eigenvalue weighted by atomic mass is 9.89. The summed E-state index contributed by atoms with van der Waals surface area (Å²) in [5.41, 5.74) is 2.54. The number of halogens is 1. The van der Waals surface area contributed by atoms with E-state index in [1.165, 1.54) is 15.8 Å². The number of fused-ring (bicyclic) bond motifs is 3. The molecule has 5 nitrogen and oxygen atoms in total. The Hall–Kier alpha value is -2.18. The third-order valence-corrected chi connectivity index (χ3v) is 7.05. The molecule has 7 heteroatoms. The molecule has 1 N–H and O–H groups in total. The van der Waals surface area contributed by atoms with Gasteiger partial charge in [0.15, 0.2) is 0 Å². The van der Waals surface area contributed by atoms with E-state index in [4.69, 9.17) is 11.6 Å². The first-order chi connectivity index (χ1) is 13.3. The van der Waals surface area contributed by atoms with E-state index in [9.17, 15) is 9.59 Å². The van der Waals surface area contributed by atoms with Gasteiger partial charge in [0, 0.05) is 15.6 Å². The second-order valence-corrected chi connectivity index (χ2v) is 9.11. The molecular weight excluding hydrogens is 394 g/mol. The first-order valence-corrected chi connectivity index (χ1v) is 10.6. The predicted octanol–water partition coefficient (Wildman–Crippen LogP) is 4.74. The molecule has 3 aromatic rings. The maximum atomic E-state index is 13.2. The maximum absolute atomic E-state index is 13.2. The SMILES string of the molecule is Cc1ccc(NC(=O)[C@H](C)n2cnc3sc4c(c3c2=O)CC[C@@H](C)C4)cc1Cl. The number of nitrogens with zero attached hydrogens (tertiary/aromatic N) is 2. The zero-order valence-corrected chi connectivity index (χ0v) is 17.7. The molecule has 1 amide bonds. The van der Waals surface area contributed by atoms with Crippen molar-refractivity contribution in [3.63, 3.8) is 0 Å². The topological polar surface area (TPSA) is 64.0 Å². The van der Waals surface area contributed by atoms with Crippen LogP contribution in [-0.4, -0.2) is 15.5 Å². The van der Waals surface area contributed by atoms with Gasteiger partial charge in [-0.15, -0.1) is 11.3 Å². The van der Waals surface area contributed by atoms with Crippen LogP contribution in [0.4, 0.5) is 5.69 Å². The van der Waals surface area contributed by atoms with Gasteiger partial charge in [-0.2, -0.15) is 0 Å². The number of nitrogens with one attached hydrogen (secondary N) is 1. The van der Waals surface area contributed by atoms with Crippen LogP contribution in [0.2, 0.25) is 5.02 Å². The Bertz CT molecular complexity index is 1130. The number of amides is 1. The Morgan fingerprint density at radius 2 is 2.21 bits per heavy atom. The number of hydrogen-bond donors (Lipinski definition) is 1. The van der Waals surface area contributed by atoms with Gasteiger partial charge in [-0.25, -0.2) is 4.98 Å². The Balaban J connectivity index is 1.66. The zero-order valence-electron chi connectivity index (χ0n) is 16.1. The van der Waals surface area contributed by atoms with Gasteiger partial charge in [-0.3, -0.25) is 14.2 Å². The fraction of sp³-hybridized carbons (Fsp3) is 0.381. The average Bonchev–Trinajstić information content (AvgIpc) is 3.02. The van der Waals surface area contributed by atoms with E-state index in [2.05, 4.69) is 17.2 Å². The van der Waals surface area contributed by atoms with Crippen LogP contribution in [0, 0.1) is 12.8 Å². The highest BCUT2D eigenvalue weighted by molar-refractivity contribution is 7.18. The first kappa shape index (κ1) is 19.2. The van der Waals surface area contributed by atoms with Crippen LogP contribution in [0.3, 0.4) is 0 Å². The second kappa shape index (κ2) is 7.33. The van der Waals surface area contributed by atoms with Crippen molar-refractivity contribution >= 4 is 44.7 Å². The predicted molar refractivity (Wildman–Crippen MR) is 115 cm³/mol. The third kappa shape index (κ3) is 3.35. The van der Waals surface area contributed by atoms with E-state index in [-0.39, 0.29) is 11.5 Å². The highest BCUT2D eigenvalue weighted by Crippen LogP contribution is 2.35. The third-order valence-electron chi connectivity index (χ3n) is 5.48. The molecule has 0 fully saturated rings. The number of anilines is 1. The molecule has 1 aliphatic carbocycles. The van der Waals surface area contributed by atoms with E-state index < -0.39 is 6.04 Å². The molecule has 1 aromatic carbocycles. The minimum absolute atomic E-state index is 0.137. The molecular formula is C21H22ClN3O2S. The van der Waals surface area contributed by atoms with Crippen molar-refractivity contribution in [2.75, 3.05) is 5.32 Å². The normalized spacial score (nSPS) is 17.4. The quantitative estimate of drug-likeness (QED) is 0.671. The van der Waals surface area contributed by atoms with Crippen LogP contribution in [0.25, 0.3) is 10.2 Å². The monoisotopic (exact) mass is 415 g/mol. The summed E-state index contributed by atoms with van der Waals surface area (Å²) in [7, 11) is 0. The van der Waals surface area contributed by atoms with E-state index >= 15 is 0 Å². The molecule has 0 spiro atoms. The van der Waals surface area contributed by atoms with Crippen molar-refractivity contribution < 1.29 is 4.79 Å². The van der Waals surface area contributed by atoms with Gasteiger partial charge in [-0.05, 0) is 62.3 Å². The Morgan fingerprint density at radius 3 is 2.96 bits per heavy atom. The van der Waals surface area contributed by atoms with Crippen LogP contribution in [0.15, 0.2) is 29.3 Å². The highest BCUT2D eigenvalue weighted by Gasteiger charge is 2.25. The van der Waals surface area contributed by atoms with Gasteiger partial charge in [0.25, 0.3) is 5.56 Å². The fourth-order valence-corrected chi connectivity index (χ4v) is 5.19. The van der Waals surface area contributed by atoms with Crippen molar-refractivity contribution in [1.29, 1.82) is 0 Å². The summed E-state index contributed by atoms with van der Waals surface area (Å²) in [6.45, 7) is 5.85. The lowest BCUT2D eigenvalue weighted by Crippen LogP contribution is -2.32. The van der Waals surface area contributed by atoms with Gasteiger partial charge in [0.2, 0.25) is 5.91 Å². The molecule has 2 atom stereocenters. The molecule has 0 saturated heterocycles. The molecule has 1 aliphatic rings. The van der Waals surface area contributed by atoms with Crippen molar-refractivity contribution in [3.05, 3.63) is 55.9 Å². The first-order valence-electron chi connectivity index (χ1n) is 9.43. The van der Waals surface area contributed by atoms with Crippen LogP contribution in [-0.2, 0) is 17.6 Å². The van der Waals surface area contributed by atoms with Gasteiger partial charge in [0.05, 0.1) is 11.7 Å². The summed E-state index contributed by atoms with van der Waals surface area (Å²) >= 11 is 7.75. The van der Waals surface area contributed by atoms with Crippen LogP contribution < -0.4 is 10.9 Å². The molecule has 0 unspecified atom stereocenters. The fourth-order valence-electron chi connectivity index (χ4n) is 3.66. The van der Waals surface area contributed by atoms with E-state index in [1.807, 2.05) is 13.0 Å². The molecule has 0 aliphatic heterocycles. The number of rotatable bonds is 3. The van der Waals surface area contributed by atoms with Crippen molar-refractivity contribution in [1.82, 2.24) is 9.55 Å². The summed E-state index contributed by atoms with van der Waals surface area (Å²) in [4.78, 5) is 32.4. The molecule has 0 radical (unpaired) electrons. The maximum Gasteiger partial charge on any atom is 0.263 e. The summed E-state index contributed by atoms with van der Waals surface area (Å²) in [6, 6.07) is 4.68. The minimum Gasteiger partial charge on any atom is -0.324 e. The molecule has 0 bridgehead atoms. The van der Waals surface area contributed by atoms with Crippen molar-refractivity contribution in [2.24, 2.45) is 5.92 Å². The number of aryl methyl sites for hydroxylation is 2. The molecule has 0 saturated carbocycles. The highest BCUT2D eigenvalue weighted by atomic mass is 35.5. The van der Waals surface area contributed by atoms with E-state index in [0.29, 0.717) is 22.0 Å². The van der Waals surface area contributed by atoms with Gasteiger partial charge in [-0.1, -0.05) is 24.6 Å². The number of aromatic nitrogens is 2. The van der Waals surface area contributed by atoms with Gasteiger partial charge < -0.3 is 5.32 Å². The molecule has 2 aromatic heterocycles. The number of benzene rings is 1. The van der Waals surface area contributed by atoms with E-state index in [0.717, 1.165) is 35.2 Å². The lowest BCUT2D eigenvalue weighted by molar-refractivity contribution is -0.118. The van der Waals surface area contributed by atoms with Crippen LogP contribution in [0.1, 0.15) is 42.3 Å². The summed E-state index contributed by atoms with van der Waals surface area (Å²) < 4.78 is 1.43. The summed E-state index contributed by atoms with van der Waals surface area (Å²) in [5.74, 6) is 0.356. The Kier molecular flexibility index (Phi) is 5.02. The zero-order chi connectivity index (χ0) is 20.0. The smallest absolute Gasteiger partial charge is 0.263 e. The summed E-state index contributed by atoms with van der Waals surface area (Å²) in [6.07, 6.45) is 4.47. The van der Waals surface area contributed by atoms with Crippen molar-refractivity contribution in [2.45, 2.75) is 46.1 Å². The van der Waals surface area contributed by atoms with E-state index in [1.54, 1.807) is 30.4 Å². The summed E-state index contributed by atoms with van der Waals surface area (Å²) in [5, 5.41) is 4.11.